The maximum Gasteiger partial charge on any atom is 0.244 e. The quantitative estimate of drug-likeness (QED) is 0.730. The molecule has 2 N–H and O–H groups in total. The Labute approximate surface area is 156 Å². The first-order chi connectivity index (χ1) is 12.3. The first kappa shape index (κ1) is 20.0. The third-order valence-electron chi connectivity index (χ3n) is 4.13. The minimum Gasteiger partial charge on any atom is -0.386 e. The molecule has 0 aliphatic heterocycles. The van der Waals surface area contributed by atoms with Crippen LogP contribution in [0.4, 0.5) is 4.39 Å². The van der Waals surface area contributed by atoms with Crippen LogP contribution in [0.3, 0.4) is 0 Å². The van der Waals surface area contributed by atoms with E-state index in [1.165, 1.54) is 0 Å². The molecule has 3 nitrogen and oxygen atoms in total. The van der Waals surface area contributed by atoms with E-state index in [4.69, 9.17) is 0 Å². The van der Waals surface area contributed by atoms with Gasteiger partial charge in [0, 0.05) is 30.3 Å². The zero-order chi connectivity index (χ0) is 19.3. The van der Waals surface area contributed by atoms with Gasteiger partial charge in [0.1, 0.15) is 6.17 Å². The second-order valence-electron chi connectivity index (χ2n) is 7.35. The molecule has 0 saturated heterocycles. The summed E-state index contributed by atoms with van der Waals surface area (Å²) < 4.78 is 14.6. The molecule has 0 spiro atoms. The van der Waals surface area contributed by atoms with Gasteiger partial charge in [0.25, 0.3) is 0 Å². The van der Waals surface area contributed by atoms with Gasteiger partial charge >= 0.3 is 0 Å². The third kappa shape index (κ3) is 5.58. The maximum atomic E-state index is 14.6. The fraction of sp³-hybridized carbons (Fsp3) is 0.409. The number of hydrogen-bond acceptors (Lipinski definition) is 2. The summed E-state index contributed by atoms with van der Waals surface area (Å²) >= 11 is 0. The summed E-state index contributed by atoms with van der Waals surface area (Å²) in [6.07, 6.45) is 4.77. The molecule has 0 bridgehead atoms. The van der Waals surface area contributed by atoms with Gasteiger partial charge in [-0.15, -0.1) is 0 Å². The van der Waals surface area contributed by atoms with Gasteiger partial charge in [0.15, 0.2) is 0 Å². The molecule has 1 aromatic rings. The van der Waals surface area contributed by atoms with Crippen LogP contribution in [0.2, 0.25) is 0 Å². The average molecular weight is 356 g/mol. The number of amides is 1. The van der Waals surface area contributed by atoms with Crippen LogP contribution >= 0.6 is 0 Å². The van der Waals surface area contributed by atoms with Crippen molar-refractivity contribution in [1.82, 2.24) is 10.6 Å². The van der Waals surface area contributed by atoms with Gasteiger partial charge in [-0.05, 0) is 63.0 Å². The summed E-state index contributed by atoms with van der Waals surface area (Å²) in [6, 6.07) is 8.11. The molecule has 1 aliphatic rings. The number of carbonyl (C=O) groups excluding carboxylic acids is 1. The fourth-order valence-corrected chi connectivity index (χ4v) is 2.95. The predicted octanol–water partition coefficient (Wildman–Crippen LogP) is 4.62. The van der Waals surface area contributed by atoms with E-state index in [1.54, 1.807) is 6.08 Å². The molecule has 26 heavy (non-hydrogen) atoms. The van der Waals surface area contributed by atoms with Gasteiger partial charge in [-0.3, -0.25) is 4.79 Å². The molecule has 0 radical (unpaired) electrons. The summed E-state index contributed by atoms with van der Waals surface area (Å²) in [4.78, 5) is 11.8. The average Bonchev–Trinajstić information content (AvgIpc) is 2.53. The highest BCUT2D eigenvalue weighted by Gasteiger charge is 2.20. The number of hydrogen-bond donors (Lipinski definition) is 2. The van der Waals surface area contributed by atoms with Crippen molar-refractivity contribution in [3.05, 3.63) is 59.3 Å². The molecule has 1 aliphatic carbocycles. The van der Waals surface area contributed by atoms with Gasteiger partial charge in [0.05, 0.1) is 0 Å². The van der Waals surface area contributed by atoms with Crippen molar-refractivity contribution in [2.75, 3.05) is 0 Å². The van der Waals surface area contributed by atoms with Crippen molar-refractivity contribution in [3.63, 3.8) is 0 Å². The molecule has 1 amide bonds. The zero-order valence-corrected chi connectivity index (χ0v) is 16.3. The van der Waals surface area contributed by atoms with Gasteiger partial charge < -0.3 is 10.6 Å². The topological polar surface area (TPSA) is 41.1 Å². The Hall–Kier alpha value is -2.36. The number of benzene rings is 1. The Balaban J connectivity index is 2.14. The minimum atomic E-state index is -1.01. The van der Waals surface area contributed by atoms with Crippen LogP contribution in [-0.2, 0) is 4.79 Å². The van der Waals surface area contributed by atoms with Crippen LogP contribution in [0.1, 0.15) is 52.2 Å². The highest BCUT2D eigenvalue weighted by molar-refractivity contribution is 5.95. The lowest BCUT2D eigenvalue weighted by Crippen LogP contribution is -2.28. The Bertz CT molecular complexity index is 727. The van der Waals surface area contributed by atoms with Crippen LogP contribution in [-0.4, -0.2) is 24.2 Å². The predicted molar refractivity (Wildman–Crippen MR) is 107 cm³/mol. The van der Waals surface area contributed by atoms with E-state index in [0.717, 1.165) is 22.4 Å². The normalized spacial score (nSPS) is 17.8. The monoisotopic (exact) mass is 356 g/mol. The molecule has 0 aromatic heterocycles. The van der Waals surface area contributed by atoms with Crippen LogP contribution < -0.4 is 10.6 Å². The molecular weight excluding hydrogens is 327 g/mol. The number of alkyl halides is 1. The first-order valence-corrected chi connectivity index (χ1v) is 9.17. The van der Waals surface area contributed by atoms with E-state index in [2.05, 4.69) is 10.6 Å². The molecule has 140 valence electrons. The second kappa shape index (κ2) is 8.84. The van der Waals surface area contributed by atoms with Crippen molar-refractivity contribution < 1.29 is 9.18 Å². The van der Waals surface area contributed by atoms with E-state index in [-0.39, 0.29) is 11.9 Å². The van der Waals surface area contributed by atoms with E-state index in [9.17, 15) is 9.18 Å². The second-order valence-corrected chi connectivity index (χ2v) is 7.35. The third-order valence-corrected chi connectivity index (χ3v) is 4.13. The minimum absolute atomic E-state index is 0.101. The van der Waals surface area contributed by atoms with Crippen molar-refractivity contribution >= 4 is 17.1 Å². The molecule has 0 fully saturated rings. The lowest BCUT2D eigenvalue weighted by atomic mass is 9.92. The Morgan fingerprint density at radius 3 is 2.31 bits per heavy atom. The van der Waals surface area contributed by atoms with Crippen LogP contribution in [0.5, 0.6) is 0 Å². The number of allylic oxidation sites excluding steroid dienone is 5. The molecular formula is C22H29FN2O. The van der Waals surface area contributed by atoms with Crippen molar-refractivity contribution in [1.29, 1.82) is 0 Å². The zero-order valence-electron chi connectivity index (χ0n) is 16.3. The molecule has 0 saturated carbocycles. The van der Waals surface area contributed by atoms with Gasteiger partial charge in [-0.2, -0.15) is 0 Å². The van der Waals surface area contributed by atoms with E-state index in [1.807, 2.05) is 71.0 Å². The smallest absolute Gasteiger partial charge is 0.244 e. The SMILES string of the molecule is C/C(=C\C(=O)NC(C)C)c1ccc(C2=CC=C(NC(C)C)CC2F)cc1. The number of nitrogens with one attached hydrogen (secondary N) is 2. The highest BCUT2D eigenvalue weighted by atomic mass is 19.1. The summed E-state index contributed by atoms with van der Waals surface area (Å²) in [6.45, 7) is 9.85. The molecule has 0 heterocycles. The number of halogens is 1. The Kier molecular flexibility index (Phi) is 6.78. The van der Waals surface area contributed by atoms with Crippen molar-refractivity contribution in [2.24, 2.45) is 0 Å². The lowest BCUT2D eigenvalue weighted by molar-refractivity contribution is -0.116. The van der Waals surface area contributed by atoms with Crippen molar-refractivity contribution in [2.45, 2.75) is 59.3 Å². The van der Waals surface area contributed by atoms with Crippen LogP contribution in [0.25, 0.3) is 11.1 Å². The summed E-state index contributed by atoms with van der Waals surface area (Å²) in [7, 11) is 0. The maximum absolute atomic E-state index is 14.6. The van der Waals surface area contributed by atoms with Crippen LogP contribution in [0.15, 0.2) is 48.2 Å². The standard InChI is InChI=1S/C22H29FN2O/c1-14(2)24-19-10-11-20(21(23)13-19)18-8-6-17(7-9-18)16(5)12-22(26)25-15(3)4/h6-12,14-15,21,24H,13H2,1-5H3,(H,25,26)/b16-12+. The van der Waals surface area contributed by atoms with Gasteiger partial charge in [-0.25, -0.2) is 4.39 Å². The largest absolute Gasteiger partial charge is 0.386 e. The van der Waals surface area contributed by atoms with Crippen molar-refractivity contribution in [3.8, 4) is 0 Å². The molecule has 1 atom stereocenters. The van der Waals surface area contributed by atoms with E-state index in [0.29, 0.717) is 18.0 Å². The first-order valence-electron chi connectivity index (χ1n) is 9.17. The molecule has 1 unspecified atom stereocenters. The van der Waals surface area contributed by atoms with Gasteiger partial charge in [-0.1, -0.05) is 30.3 Å². The summed E-state index contributed by atoms with van der Waals surface area (Å²) in [5.74, 6) is -0.101. The Morgan fingerprint density at radius 2 is 1.77 bits per heavy atom. The molecule has 1 aromatic carbocycles. The fourth-order valence-electron chi connectivity index (χ4n) is 2.95. The molecule has 2 rings (SSSR count). The van der Waals surface area contributed by atoms with E-state index < -0.39 is 6.17 Å². The summed E-state index contributed by atoms with van der Waals surface area (Å²) in [5.41, 5.74) is 4.35. The number of rotatable bonds is 6. The van der Waals surface area contributed by atoms with Crippen LogP contribution in [0, 0.1) is 0 Å². The molecule has 4 heteroatoms. The Morgan fingerprint density at radius 1 is 1.12 bits per heavy atom. The number of carbonyl (C=O) groups is 1. The summed E-state index contributed by atoms with van der Waals surface area (Å²) in [5, 5.41) is 6.11. The van der Waals surface area contributed by atoms with E-state index >= 15 is 0 Å². The lowest BCUT2D eigenvalue weighted by Gasteiger charge is -2.22. The highest BCUT2D eigenvalue weighted by Crippen LogP contribution is 2.30. The van der Waals surface area contributed by atoms with Gasteiger partial charge in [0.2, 0.25) is 5.91 Å².